The molecule has 10 heteroatoms. The van der Waals surface area contributed by atoms with Crippen LogP contribution in [-0.2, 0) is 16.1 Å². The first kappa shape index (κ1) is 20.0. The van der Waals surface area contributed by atoms with Gasteiger partial charge in [0.25, 0.3) is 17.5 Å². The number of nitrogens with one attached hydrogen (secondary N) is 1. The summed E-state index contributed by atoms with van der Waals surface area (Å²) in [6.45, 7) is -0.149. The van der Waals surface area contributed by atoms with Gasteiger partial charge in [-0.05, 0) is 42.0 Å². The summed E-state index contributed by atoms with van der Waals surface area (Å²) in [6, 6.07) is 11.2. The zero-order chi connectivity index (χ0) is 22.1. The third-order valence-corrected chi connectivity index (χ3v) is 4.62. The van der Waals surface area contributed by atoms with Crippen LogP contribution in [0.5, 0.6) is 0 Å². The number of furan rings is 1. The van der Waals surface area contributed by atoms with Gasteiger partial charge in [0, 0.05) is 23.9 Å². The lowest BCUT2D eigenvalue weighted by Crippen LogP contribution is -2.31. The molecule has 0 atom stereocenters. The van der Waals surface area contributed by atoms with Crippen LogP contribution in [0.25, 0.3) is 5.57 Å². The van der Waals surface area contributed by atoms with Crippen LogP contribution in [0.3, 0.4) is 0 Å². The molecule has 156 valence electrons. The summed E-state index contributed by atoms with van der Waals surface area (Å²) in [7, 11) is 0. The molecule has 0 saturated carbocycles. The van der Waals surface area contributed by atoms with Gasteiger partial charge in [0.1, 0.15) is 11.5 Å². The third kappa shape index (κ3) is 3.78. The van der Waals surface area contributed by atoms with Crippen molar-refractivity contribution in [1.29, 1.82) is 0 Å². The van der Waals surface area contributed by atoms with Crippen molar-refractivity contribution in [2.75, 3.05) is 5.32 Å². The van der Waals surface area contributed by atoms with E-state index in [0.717, 1.165) is 17.0 Å². The minimum absolute atomic E-state index is 0.0503. The molecular weight excluding hydrogens is 412 g/mol. The molecule has 0 saturated heterocycles. The third-order valence-electron chi connectivity index (χ3n) is 4.62. The first-order chi connectivity index (χ1) is 14.8. The maximum Gasteiger partial charge on any atom is 0.278 e. The van der Waals surface area contributed by atoms with E-state index in [1.807, 2.05) is 0 Å². The SMILES string of the molecule is O=C1C(Nc2ccc(F)c(F)c2)=C(c2ccc([N+](=O)[O-])cc2)C(=O)N1Cc1ccco1. The number of hydrogen-bond donors (Lipinski definition) is 1. The van der Waals surface area contributed by atoms with Crippen molar-refractivity contribution in [3.05, 3.63) is 99.6 Å². The minimum Gasteiger partial charge on any atom is -0.467 e. The van der Waals surface area contributed by atoms with Crippen LogP contribution in [0.4, 0.5) is 20.2 Å². The largest absolute Gasteiger partial charge is 0.467 e. The van der Waals surface area contributed by atoms with E-state index in [9.17, 15) is 28.5 Å². The molecule has 1 aliphatic heterocycles. The van der Waals surface area contributed by atoms with Gasteiger partial charge in [-0.1, -0.05) is 0 Å². The Labute approximate surface area is 173 Å². The van der Waals surface area contributed by atoms with Crippen LogP contribution in [0.1, 0.15) is 11.3 Å². The molecule has 2 aromatic carbocycles. The fraction of sp³-hybridized carbons (Fsp3) is 0.0476. The number of carbonyl (C=O) groups is 2. The average Bonchev–Trinajstić information content (AvgIpc) is 3.34. The number of rotatable bonds is 6. The maximum absolute atomic E-state index is 13.6. The Hall–Kier alpha value is -4.34. The molecular formula is C21H13F2N3O5. The highest BCUT2D eigenvalue weighted by atomic mass is 19.2. The van der Waals surface area contributed by atoms with E-state index in [0.29, 0.717) is 5.76 Å². The van der Waals surface area contributed by atoms with Crippen LogP contribution in [0, 0.1) is 21.7 Å². The van der Waals surface area contributed by atoms with E-state index in [2.05, 4.69) is 5.32 Å². The number of non-ortho nitro benzene ring substituents is 1. The predicted molar refractivity (Wildman–Crippen MR) is 104 cm³/mol. The summed E-state index contributed by atoms with van der Waals surface area (Å²) < 4.78 is 32.1. The van der Waals surface area contributed by atoms with Gasteiger partial charge in [0.15, 0.2) is 11.6 Å². The number of nitro benzene ring substituents is 1. The number of hydrogen-bond acceptors (Lipinski definition) is 6. The molecule has 3 aromatic rings. The van der Waals surface area contributed by atoms with Crippen molar-refractivity contribution in [1.82, 2.24) is 4.90 Å². The second kappa shape index (κ2) is 7.82. The Balaban J connectivity index is 1.76. The summed E-state index contributed by atoms with van der Waals surface area (Å²) in [4.78, 5) is 37.4. The van der Waals surface area contributed by atoms with Crippen LogP contribution < -0.4 is 5.32 Å². The van der Waals surface area contributed by atoms with Crippen molar-refractivity contribution in [3.63, 3.8) is 0 Å². The fourth-order valence-corrected chi connectivity index (χ4v) is 3.13. The van der Waals surface area contributed by atoms with Gasteiger partial charge in [-0.25, -0.2) is 8.78 Å². The molecule has 0 radical (unpaired) electrons. The molecule has 0 aliphatic carbocycles. The molecule has 0 spiro atoms. The van der Waals surface area contributed by atoms with E-state index < -0.39 is 28.4 Å². The van der Waals surface area contributed by atoms with E-state index in [4.69, 9.17) is 4.42 Å². The maximum atomic E-state index is 13.6. The molecule has 8 nitrogen and oxygen atoms in total. The monoisotopic (exact) mass is 425 g/mol. The van der Waals surface area contributed by atoms with Gasteiger partial charge in [0.2, 0.25) is 0 Å². The first-order valence-electron chi connectivity index (χ1n) is 8.95. The van der Waals surface area contributed by atoms with Gasteiger partial charge in [-0.2, -0.15) is 0 Å². The second-order valence-electron chi connectivity index (χ2n) is 6.58. The number of anilines is 1. The molecule has 31 heavy (non-hydrogen) atoms. The van der Waals surface area contributed by atoms with E-state index in [1.165, 1.54) is 36.6 Å². The Morgan fingerprint density at radius 1 is 1.00 bits per heavy atom. The molecule has 1 aromatic heterocycles. The summed E-state index contributed by atoms with van der Waals surface area (Å²) in [5, 5.41) is 13.6. The predicted octanol–water partition coefficient (Wildman–Crippen LogP) is 3.86. The van der Waals surface area contributed by atoms with Gasteiger partial charge in [-0.15, -0.1) is 0 Å². The van der Waals surface area contributed by atoms with Crippen molar-refractivity contribution in [2.45, 2.75) is 6.54 Å². The van der Waals surface area contributed by atoms with E-state index >= 15 is 0 Å². The average molecular weight is 425 g/mol. The quantitative estimate of drug-likeness (QED) is 0.365. The smallest absolute Gasteiger partial charge is 0.278 e. The minimum atomic E-state index is -1.13. The van der Waals surface area contributed by atoms with Crippen molar-refractivity contribution >= 4 is 28.8 Å². The van der Waals surface area contributed by atoms with Crippen LogP contribution >= 0.6 is 0 Å². The standard InChI is InChI=1S/C21H13F2N3O5/c22-16-8-5-13(10-17(16)23)24-19-18(12-3-6-14(7-4-12)26(29)30)20(27)25(21(19)28)11-15-2-1-9-31-15/h1-10,24H,11H2. The van der Waals surface area contributed by atoms with Gasteiger partial charge < -0.3 is 9.73 Å². The zero-order valence-electron chi connectivity index (χ0n) is 15.7. The molecule has 0 bridgehead atoms. The number of nitro groups is 1. The molecule has 2 heterocycles. The van der Waals surface area contributed by atoms with Crippen LogP contribution in [0.15, 0.2) is 71.0 Å². The second-order valence-corrected chi connectivity index (χ2v) is 6.58. The van der Waals surface area contributed by atoms with Crippen molar-refractivity contribution in [2.24, 2.45) is 0 Å². The summed E-state index contributed by atoms with van der Waals surface area (Å²) in [5.41, 5.74) is -0.124. The number of carbonyl (C=O) groups excluding carboxylic acids is 2. The van der Waals surface area contributed by atoms with Crippen LogP contribution in [0.2, 0.25) is 0 Å². The number of nitrogens with zero attached hydrogens (tertiary/aromatic N) is 2. The highest BCUT2D eigenvalue weighted by molar-refractivity contribution is 6.36. The molecule has 1 aliphatic rings. The molecule has 0 unspecified atom stereocenters. The van der Waals surface area contributed by atoms with Crippen LogP contribution in [-0.4, -0.2) is 21.6 Å². The topological polar surface area (TPSA) is 106 Å². The Morgan fingerprint density at radius 3 is 2.35 bits per heavy atom. The Kier molecular flexibility index (Phi) is 5.04. The summed E-state index contributed by atoms with van der Waals surface area (Å²) in [5.74, 6) is -3.21. The number of benzene rings is 2. The lowest BCUT2D eigenvalue weighted by molar-refractivity contribution is -0.384. The van der Waals surface area contributed by atoms with Gasteiger partial charge in [0.05, 0.1) is 23.3 Å². The van der Waals surface area contributed by atoms with E-state index in [-0.39, 0.29) is 34.8 Å². The first-order valence-corrected chi connectivity index (χ1v) is 8.95. The van der Waals surface area contributed by atoms with Crippen molar-refractivity contribution < 1.29 is 27.7 Å². The van der Waals surface area contributed by atoms with Crippen molar-refractivity contribution in [3.8, 4) is 0 Å². The zero-order valence-corrected chi connectivity index (χ0v) is 15.7. The Bertz CT molecular complexity index is 1220. The van der Waals surface area contributed by atoms with E-state index in [1.54, 1.807) is 12.1 Å². The Morgan fingerprint density at radius 2 is 1.74 bits per heavy atom. The summed E-state index contributed by atoms with van der Waals surface area (Å²) in [6.07, 6.45) is 1.39. The lowest BCUT2D eigenvalue weighted by atomic mass is 10.0. The van der Waals surface area contributed by atoms with Gasteiger partial charge in [-0.3, -0.25) is 24.6 Å². The molecule has 1 N–H and O–H groups in total. The molecule has 2 amide bonds. The lowest BCUT2D eigenvalue weighted by Gasteiger charge is -2.13. The molecule has 0 fully saturated rings. The highest BCUT2D eigenvalue weighted by Gasteiger charge is 2.39. The highest BCUT2D eigenvalue weighted by Crippen LogP contribution is 2.32. The molecule has 4 rings (SSSR count). The number of amides is 2. The number of imide groups is 1. The summed E-state index contributed by atoms with van der Waals surface area (Å²) >= 11 is 0. The number of halogens is 2. The fourth-order valence-electron chi connectivity index (χ4n) is 3.13. The normalized spacial score (nSPS) is 13.8. The van der Waals surface area contributed by atoms with Gasteiger partial charge >= 0.3 is 0 Å².